The zero-order valence-electron chi connectivity index (χ0n) is 11.2. The van der Waals surface area contributed by atoms with Crippen LogP contribution < -0.4 is 0 Å². The van der Waals surface area contributed by atoms with Gasteiger partial charge in [-0.3, -0.25) is 13.6 Å². The molecule has 0 amide bonds. The standard InChI is InChI=1S/C12H23O4P/c1-5-8-9-10-11-12(4)16-17(13,14-6-2)15-7-3/h12H,5-9H2,1-4H3/t12-/m0/s1. The molecule has 17 heavy (non-hydrogen) atoms. The minimum Gasteiger partial charge on any atom is -0.287 e. The van der Waals surface area contributed by atoms with E-state index in [1.165, 1.54) is 0 Å². The van der Waals surface area contributed by atoms with Crippen molar-refractivity contribution in [3.63, 3.8) is 0 Å². The van der Waals surface area contributed by atoms with Crippen LogP contribution in [-0.4, -0.2) is 19.3 Å². The zero-order chi connectivity index (χ0) is 13.1. The third kappa shape index (κ3) is 8.40. The maximum absolute atomic E-state index is 12.0. The molecule has 0 aliphatic carbocycles. The molecule has 0 aromatic heterocycles. The molecule has 0 aliphatic rings. The normalized spacial score (nSPS) is 12.9. The van der Waals surface area contributed by atoms with Gasteiger partial charge in [0.1, 0.15) is 6.10 Å². The molecule has 0 aromatic rings. The number of unbranched alkanes of at least 4 members (excludes halogenated alkanes) is 2. The van der Waals surface area contributed by atoms with Crippen LogP contribution >= 0.6 is 7.82 Å². The first-order valence-electron chi connectivity index (χ1n) is 6.13. The van der Waals surface area contributed by atoms with Crippen LogP contribution in [0.2, 0.25) is 0 Å². The summed E-state index contributed by atoms with van der Waals surface area (Å²) in [6.07, 6.45) is 2.56. The average molecular weight is 262 g/mol. The summed E-state index contributed by atoms with van der Waals surface area (Å²) < 4.78 is 27.2. The summed E-state index contributed by atoms with van der Waals surface area (Å²) in [6, 6.07) is 0. The lowest BCUT2D eigenvalue weighted by molar-refractivity contribution is 0.109. The van der Waals surface area contributed by atoms with E-state index in [-0.39, 0.29) is 13.2 Å². The second-order valence-corrected chi connectivity index (χ2v) is 5.08. The summed E-state index contributed by atoms with van der Waals surface area (Å²) in [4.78, 5) is 0. The molecule has 0 saturated carbocycles. The van der Waals surface area contributed by atoms with Crippen LogP contribution in [-0.2, 0) is 18.1 Å². The quantitative estimate of drug-likeness (QED) is 0.379. The van der Waals surface area contributed by atoms with Gasteiger partial charge >= 0.3 is 7.82 Å². The minimum absolute atomic E-state index is 0.285. The SMILES string of the molecule is CCCCC#C[C@H](C)OP(=O)(OCC)OCC. The Labute approximate surface area is 105 Å². The molecular formula is C12H23O4P. The Hall–Kier alpha value is -0.330. The summed E-state index contributed by atoms with van der Waals surface area (Å²) in [5, 5.41) is 0. The van der Waals surface area contributed by atoms with E-state index in [0.29, 0.717) is 0 Å². The van der Waals surface area contributed by atoms with Gasteiger partial charge in [0.15, 0.2) is 0 Å². The number of phosphoric acid groups is 1. The van der Waals surface area contributed by atoms with Gasteiger partial charge < -0.3 is 0 Å². The highest BCUT2D eigenvalue weighted by molar-refractivity contribution is 7.48. The van der Waals surface area contributed by atoms with Crippen LogP contribution in [0.25, 0.3) is 0 Å². The van der Waals surface area contributed by atoms with Gasteiger partial charge in [-0.2, -0.15) is 0 Å². The van der Waals surface area contributed by atoms with Crippen molar-refractivity contribution in [3.8, 4) is 11.8 Å². The highest BCUT2D eigenvalue weighted by Gasteiger charge is 2.27. The third-order valence-corrected chi connectivity index (χ3v) is 3.55. The second-order valence-electron chi connectivity index (χ2n) is 3.46. The van der Waals surface area contributed by atoms with E-state index in [1.54, 1.807) is 20.8 Å². The summed E-state index contributed by atoms with van der Waals surface area (Å²) in [5.41, 5.74) is 0. The molecule has 0 N–H and O–H groups in total. The molecule has 1 atom stereocenters. The molecule has 0 spiro atoms. The van der Waals surface area contributed by atoms with Gasteiger partial charge in [-0.05, 0) is 27.2 Å². The largest absolute Gasteiger partial charge is 0.475 e. The Morgan fingerprint density at radius 1 is 1.18 bits per heavy atom. The lowest BCUT2D eigenvalue weighted by Gasteiger charge is -2.17. The van der Waals surface area contributed by atoms with Gasteiger partial charge in [0.25, 0.3) is 0 Å². The van der Waals surface area contributed by atoms with Gasteiger partial charge in [0, 0.05) is 6.42 Å². The highest BCUT2D eigenvalue weighted by Crippen LogP contribution is 2.50. The highest BCUT2D eigenvalue weighted by atomic mass is 31.2. The fourth-order valence-electron chi connectivity index (χ4n) is 1.12. The smallest absolute Gasteiger partial charge is 0.287 e. The maximum atomic E-state index is 12.0. The van der Waals surface area contributed by atoms with Crippen molar-refractivity contribution >= 4 is 7.82 Å². The van der Waals surface area contributed by atoms with Crippen molar-refractivity contribution in [3.05, 3.63) is 0 Å². The van der Waals surface area contributed by atoms with Gasteiger partial charge in [-0.1, -0.05) is 19.3 Å². The van der Waals surface area contributed by atoms with Crippen molar-refractivity contribution in [1.29, 1.82) is 0 Å². The molecule has 0 radical (unpaired) electrons. The molecule has 4 nitrogen and oxygen atoms in total. The van der Waals surface area contributed by atoms with Crippen molar-refractivity contribution < 1.29 is 18.1 Å². The van der Waals surface area contributed by atoms with Crippen LogP contribution in [0.1, 0.15) is 47.0 Å². The van der Waals surface area contributed by atoms with Gasteiger partial charge in [0.2, 0.25) is 0 Å². The molecular weight excluding hydrogens is 239 g/mol. The van der Waals surface area contributed by atoms with Gasteiger partial charge in [-0.25, -0.2) is 4.57 Å². The van der Waals surface area contributed by atoms with Crippen LogP contribution in [0.3, 0.4) is 0 Å². The van der Waals surface area contributed by atoms with E-state index >= 15 is 0 Å². The summed E-state index contributed by atoms with van der Waals surface area (Å²) >= 11 is 0. The number of hydrogen-bond donors (Lipinski definition) is 0. The summed E-state index contributed by atoms with van der Waals surface area (Å²) in [6.45, 7) is 7.91. The van der Waals surface area contributed by atoms with Crippen molar-refractivity contribution in [2.45, 2.75) is 53.1 Å². The molecule has 100 valence electrons. The average Bonchev–Trinajstić information content (AvgIpc) is 2.24. The minimum atomic E-state index is -3.43. The van der Waals surface area contributed by atoms with Crippen LogP contribution in [0.4, 0.5) is 0 Å². The van der Waals surface area contributed by atoms with Crippen LogP contribution in [0.5, 0.6) is 0 Å². The Balaban J connectivity index is 4.23. The van der Waals surface area contributed by atoms with Crippen molar-refractivity contribution in [1.82, 2.24) is 0 Å². The summed E-state index contributed by atoms with van der Waals surface area (Å²) in [5.74, 6) is 5.87. The second kappa shape index (κ2) is 9.67. The number of rotatable bonds is 8. The Morgan fingerprint density at radius 2 is 1.76 bits per heavy atom. The van der Waals surface area contributed by atoms with E-state index in [1.807, 2.05) is 0 Å². The first kappa shape index (κ1) is 16.7. The van der Waals surface area contributed by atoms with Crippen molar-refractivity contribution in [2.75, 3.05) is 13.2 Å². The van der Waals surface area contributed by atoms with E-state index in [2.05, 4.69) is 18.8 Å². The van der Waals surface area contributed by atoms with E-state index in [4.69, 9.17) is 13.6 Å². The molecule has 0 unspecified atom stereocenters. The topological polar surface area (TPSA) is 44.8 Å². The first-order valence-corrected chi connectivity index (χ1v) is 7.59. The molecule has 0 aliphatic heterocycles. The predicted octanol–water partition coefficient (Wildman–Crippen LogP) is 3.77. The molecule has 0 bridgehead atoms. The molecule has 0 saturated heterocycles. The fourth-order valence-corrected chi connectivity index (χ4v) is 2.38. The Kier molecular flexibility index (Phi) is 9.49. The Morgan fingerprint density at radius 3 is 2.24 bits per heavy atom. The van der Waals surface area contributed by atoms with E-state index < -0.39 is 13.9 Å². The first-order chi connectivity index (χ1) is 8.08. The molecule has 0 heterocycles. The lowest BCUT2D eigenvalue weighted by Crippen LogP contribution is -2.07. The maximum Gasteiger partial charge on any atom is 0.475 e. The zero-order valence-corrected chi connectivity index (χ0v) is 12.1. The fraction of sp³-hybridized carbons (Fsp3) is 0.833. The molecule has 0 rings (SSSR count). The van der Waals surface area contributed by atoms with E-state index in [9.17, 15) is 4.57 Å². The Bertz CT molecular complexity index is 283. The molecule has 5 heteroatoms. The monoisotopic (exact) mass is 262 g/mol. The van der Waals surface area contributed by atoms with Gasteiger partial charge in [-0.15, -0.1) is 5.92 Å². The number of hydrogen-bond acceptors (Lipinski definition) is 4. The molecule has 0 aromatic carbocycles. The molecule has 0 fully saturated rings. The van der Waals surface area contributed by atoms with Crippen LogP contribution in [0, 0.1) is 11.8 Å². The number of phosphoric ester groups is 1. The third-order valence-electron chi connectivity index (χ3n) is 1.82. The van der Waals surface area contributed by atoms with Gasteiger partial charge in [0.05, 0.1) is 13.2 Å². The summed E-state index contributed by atoms with van der Waals surface area (Å²) in [7, 11) is -3.43. The lowest BCUT2D eigenvalue weighted by atomic mass is 10.2. The van der Waals surface area contributed by atoms with Crippen molar-refractivity contribution in [2.24, 2.45) is 0 Å². The van der Waals surface area contributed by atoms with Crippen LogP contribution in [0.15, 0.2) is 0 Å². The van der Waals surface area contributed by atoms with E-state index in [0.717, 1.165) is 19.3 Å². The predicted molar refractivity (Wildman–Crippen MR) is 68.7 cm³/mol.